The molecule has 2 aromatic heterocycles. The lowest BCUT2D eigenvalue weighted by molar-refractivity contribution is -0.145. The number of anilines is 2. The summed E-state index contributed by atoms with van der Waals surface area (Å²) in [5.74, 6) is -0.0411. The maximum Gasteiger partial charge on any atom is 0.333 e. The van der Waals surface area contributed by atoms with E-state index in [1.54, 1.807) is 7.05 Å². The minimum atomic E-state index is -0.651. The molecule has 0 bridgehead atoms. The van der Waals surface area contributed by atoms with E-state index in [0.29, 0.717) is 23.7 Å². The number of aryl methyl sites for hydroxylation is 2. The number of fused-ring (bicyclic) bond motifs is 3. The zero-order valence-electron chi connectivity index (χ0n) is 18.2. The van der Waals surface area contributed by atoms with Gasteiger partial charge in [-0.1, -0.05) is 48.5 Å². The van der Waals surface area contributed by atoms with Gasteiger partial charge in [-0.15, -0.1) is 0 Å². The van der Waals surface area contributed by atoms with Crippen LogP contribution in [0.5, 0.6) is 0 Å². The number of carbonyl (C=O) groups excluding carboxylic acids is 1. The molecule has 0 spiro atoms. The molecule has 9 nitrogen and oxygen atoms in total. The maximum atomic E-state index is 13.3. The SMILES string of the molecule is Cn1c(=O)n(CC(=O)OCc2ccccc2)c(=O)c2c1nc1n2CCCN1c1ccccc1. The molecule has 9 heteroatoms. The van der Waals surface area contributed by atoms with Crippen LogP contribution < -0.4 is 16.1 Å². The molecule has 1 aliphatic heterocycles. The second-order valence-electron chi connectivity index (χ2n) is 7.96. The van der Waals surface area contributed by atoms with Crippen molar-refractivity contribution in [3.8, 4) is 0 Å². The van der Waals surface area contributed by atoms with Gasteiger partial charge in [0.15, 0.2) is 11.2 Å². The minimum absolute atomic E-state index is 0.0745. The number of rotatable bonds is 5. The van der Waals surface area contributed by atoms with E-state index in [4.69, 9.17) is 4.74 Å². The Hall–Kier alpha value is -4.14. The molecular formula is C24H23N5O4. The van der Waals surface area contributed by atoms with Crippen LogP contribution in [0.15, 0.2) is 70.3 Å². The van der Waals surface area contributed by atoms with Crippen LogP contribution in [0.25, 0.3) is 11.2 Å². The number of aromatic nitrogens is 4. The highest BCUT2D eigenvalue weighted by Gasteiger charge is 2.27. The van der Waals surface area contributed by atoms with Crippen molar-refractivity contribution in [2.75, 3.05) is 11.4 Å². The van der Waals surface area contributed by atoms with Crippen LogP contribution in [-0.4, -0.2) is 31.2 Å². The Morgan fingerprint density at radius 2 is 1.70 bits per heavy atom. The molecule has 1 aliphatic rings. The van der Waals surface area contributed by atoms with Crippen LogP contribution in [0.4, 0.5) is 11.6 Å². The van der Waals surface area contributed by atoms with E-state index in [0.717, 1.165) is 28.8 Å². The molecule has 0 N–H and O–H groups in total. The summed E-state index contributed by atoms with van der Waals surface area (Å²) in [6.07, 6.45) is 0.814. The number of para-hydroxylation sites is 1. The predicted molar refractivity (Wildman–Crippen MR) is 124 cm³/mol. The molecule has 0 atom stereocenters. The molecule has 3 heterocycles. The lowest BCUT2D eigenvalue weighted by Gasteiger charge is -2.28. The summed E-state index contributed by atoms with van der Waals surface area (Å²) in [4.78, 5) is 45.4. The van der Waals surface area contributed by atoms with Crippen molar-refractivity contribution in [3.63, 3.8) is 0 Å². The highest BCUT2D eigenvalue weighted by Crippen LogP contribution is 2.30. The molecule has 0 saturated carbocycles. The summed E-state index contributed by atoms with van der Waals surface area (Å²) in [6.45, 7) is 0.963. The summed E-state index contributed by atoms with van der Waals surface area (Å²) in [7, 11) is 1.56. The first-order valence-corrected chi connectivity index (χ1v) is 10.8. The Morgan fingerprint density at radius 1 is 1.00 bits per heavy atom. The van der Waals surface area contributed by atoms with Gasteiger partial charge in [-0.3, -0.25) is 14.2 Å². The number of hydrogen-bond acceptors (Lipinski definition) is 6. The van der Waals surface area contributed by atoms with E-state index in [-0.39, 0.29) is 6.61 Å². The van der Waals surface area contributed by atoms with E-state index < -0.39 is 23.8 Å². The molecule has 4 aromatic rings. The average Bonchev–Trinajstić information content (AvgIpc) is 3.25. The van der Waals surface area contributed by atoms with Crippen molar-refractivity contribution in [1.82, 2.24) is 18.7 Å². The fourth-order valence-corrected chi connectivity index (χ4v) is 4.17. The molecule has 0 fully saturated rings. The van der Waals surface area contributed by atoms with Crippen molar-refractivity contribution < 1.29 is 9.53 Å². The number of ether oxygens (including phenoxy) is 1. The second kappa shape index (κ2) is 8.42. The van der Waals surface area contributed by atoms with Gasteiger partial charge in [-0.2, -0.15) is 4.98 Å². The van der Waals surface area contributed by atoms with Crippen LogP contribution in [0.1, 0.15) is 12.0 Å². The Bertz CT molecular complexity index is 1440. The Labute approximate surface area is 189 Å². The summed E-state index contributed by atoms with van der Waals surface area (Å²) in [5, 5.41) is 0. The van der Waals surface area contributed by atoms with Gasteiger partial charge in [0.05, 0.1) is 0 Å². The van der Waals surface area contributed by atoms with Crippen molar-refractivity contribution in [2.24, 2.45) is 7.05 Å². The van der Waals surface area contributed by atoms with Gasteiger partial charge >= 0.3 is 11.7 Å². The molecular weight excluding hydrogens is 422 g/mol. The van der Waals surface area contributed by atoms with Gasteiger partial charge in [-0.05, 0) is 24.1 Å². The van der Waals surface area contributed by atoms with E-state index >= 15 is 0 Å². The third kappa shape index (κ3) is 3.71. The zero-order chi connectivity index (χ0) is 22.9. The van der Waals surface area contributed by atoms with Crippen LogP contribution in [0.3, 0.4) is 0 Å². The average molecular weight is 445 g/mol. The third-order valence-electron chi connectivity index (χ3n) is 5.81. The van der Waals surface area contributed by atoms with Gasteiger partial charge < -0.3 is 14.2 Å². The van der Waals surface area contributed by atoms with Crippen LogP contribution >= 0.6 is 0 Å². The van der Waals surface area contributed by atoms with Crippen molar-refractivity contribution in [2.45, 2.75) is 26.1 Å². The third-order valence-corrected chi connectivity index (χ3v) is 5.81. The quantitative estimate of drug-likeness (QED) is 0.438. The van der Waals surface area contributed by atoms with Gasteiger partial charge in [0.25, 0.3) is 5.56 Å². The Balaban J connectivity index is 1.52. The van der Waals surface area contributed by atoms with E-state index in [9.17, 15) is 14.4 Å². The molecule has 0 unspecified atom stereocenters. The monoisotopic (exact) mass is 445 g/mol. The molecule has 33 heavy (non-hydrogen) atoms. The van der Waals surface area contributed by atoms with Crippen molar-refractivity contribution >= 4 is 28.8 Å². The Morgan fingerprint density at radius 3 is 2.42 bits per heavy atom. The second-order valence-corrected chi connectivity index (χ2v) is 7.96. The molecule has 5 rings (SSSR count). The zero-order valence-corrected chi connectivity index (χ0v) is 18.2. The first-order chi connectivity index (χ1) is 16.0. The molecule has 0 saturated heterocycles. The number of nitrogens with zero attached hydrogens (tertiary/aromatic N) is 5. The van der Waals surface area contributed by atoms with Gasteiger partial charge in [0.1, 0.15) is 13.2 Å². The summed E-state index contributed by atoms with van der Waals surface area (Å²) in [5.41, 5.74) is 1.25. The summed E-state index contributed by atoms with van der Waals surface area (Å²) >= 11 is 0. The molecule has 0 radical (unpaired) electrons. The van der Waals surface area contributed by atoms with E-state index in [1.807, 2.05) is 70.1 Å². The fraction of sp³-hybridized carbons (Fsp3) is 0.250. The Kier molecular flexibility index (Phi) is 5.29. The van der Waals surface area contributed by atoms with Crippen LogP contribution in [-0.2, 0) is 36.3 Å². The van der Waals surface area contributed by atoms with Gasteiger partial charge in [0, 0.05) is 25.8 Å². The van der Waals surface area contributed by atoms with Gasteiger partial charge in [0.2, 0.25) is 5.95 Å². The largest absolute Gasteiger partial charge is 0.459 e. The van der Waals surface area contributed by atoms with E-state index in [1.165, 1.54) is 4.57 Å². The standard InChI is InChI=1S/C24H23N5O4/c1-26-21-20(28-14-8-13-27(23(28)25-21)18-11-6-3-7-12-18)22(31)29(24(26)32)15-19(30)33-16-17-9-4-2-5-10-17/h2-7,9-12H,8,13-16H2,1H3. The molecule has 168 valence electrons. The molecule has 2 aromatic carbocycles. The number of imidazole rings is 1. The minimum Gasteiger partial charge on any atom is -0.459 e. The van der Waals surface area contributed by atoms with Crippen molar-refractivity contribution in [1.29, 1.82) is 0 Å². The first kappa shape index (κ1) is 20.7. The van der Waals surface area contributed by atoms with Crippen LogP contribution in [0, 0.1) is 0 Å². The molecule has 0 amide bonds. The number of hydrogen-bond donors (Lipinski definition) is 0. The summed E-state index contributed by atoms with van der Waals surface area (Å²) in [6, 6.07) is 19.0. The van der Waals surface area contributed by atoms with Crippen molar-refractivity contribution in [3.05, 3.63) is 87.1 Å². The fourth-order valence-electron chi connectivity index (χ4n) is 4.17. The lowest BCUT2D eigenvalue weighted by atomic mass is 10.2. The first-order valence-electron chi connectivity index (χ1n) is 10.8. The van der Waals surface area contributed by atoms with Gasteiger partial charge in [-0.25, -0.2) is 9.36 Å². The summed E-state index contributed by atoms with van der Waals surface area (Å²) < 4.78 is 9.36. The number of carbonyl (C=O) groups is 1. The topological polar surface area (TPSA) is 91.4 Å². The molecule has 0 aliphatic carbocycles. The van der Waals surface area contributed by atoms with Crippen LogP contribution in [0.2, 0.25) is 0 Å². The number of esters is 1. The van der Waals surface area contributed by atoms with E-state index in [2.05, 4.69) is 4.98 Å². The maximum absolute atomic E-state index is 13.3. The highest BCUT2D eigenvalue weighted by molar-refractivity contribution is 5.77. The highest BCUT2D eigenvalue weighted by atomic mass is 16.5. The predicted octanol–water partition coefficient (Wildman–Crippen LogP) is 2.18. The number of benzene rings is 2. The lowest BCUT2D eigenvalue weighted by Crippen LogP contribution is -2.41. The smallest absolute Gasteiger partial charge is 0.333 e. The normalized spacial score (nSPS) is 13.2.